The molecule has 1 aliphatic rings. The number of piperidine rings is 1. The van der Waals surface area contributed by atoms with Crippen molar-refractivity contribution in [3.05, 3.63) is 42.4 Å². The highest BCUT2D eigenvalue weighted by atomic mass is 19.1. The molecule has 0 aromatic carbocycles. The van der Waals surface area contributed by atoms with Crippen molar-refractivity contribution in [2.45, 2.75) is 38.1 Å². The van der Waals surface area contributed by atoms with E-state index in [0.717, 1.165) is 16.9 Å². The van der Waals surface area contributed by atoms with Crippen molar-refractivity contribution in [1.29, 1.82) is 0 Å². The number of hydrogen-bond donors (Lipinski definition) is 3. The molecule has 0 saturated carbocycles. The zero-order valence-corrected chi connectivity index (χ0v) is 15.4. The molecule has 27 heavy (non-hydrogen) atoms. The Morgan fingerprint density at radius 2 is 2.15 bits per heavy atom. The fourth-order valence-corrected chi connectivity index (χ4v) is 3.24. The van der Waals surface area contributed by atoms with Gasteiger partial charge >= 0.3 is 0 Å². The highest BCUT2D eigenvalue weighted by molar-refractivity contribution is 5.61. The van der Waals surface area contributed by atoms with E-state index < -0.39 is 11.8 Å². The van der Waals surface area contributed by atoms with E-state index in [-0.39, 0.29) is 6.04 Å². The summed E-state index contributed by atoms with van der Waals surface area (Å²) >= 11 is 0. The SMILES string of the molecule is CC(C)(O)c1ccc2ncc(-c3ccnc(N[C@H]4CNCC[C@@H]4F)n3)n2c1. The molecule has 3 N–H and O–H groups in total. The molecule has 0 unspecified atom stereocenters. The number of halogens is 1. The van der Waals surface area contributed by atoms with Crippen LogP contribution in [0.5, 0.6) is 0 Å². The molecule has 4 heterocycles. The van der Waals surface area contributed by atoms with Gasteiger partial charge in [-0.1, -0.05) is 6.07 Å². The molecule has 1 fully saturated rings. The molecular weight excluding hydrogens is 347 g/mol. The van der Waals surface area contributed by atoms with E-state index in [0.29, 0.717) is 31.2 Å². The molecule has 0 spiro atoms. The van der Waals surface area contributed by atoms with Crippen LogP contribution in [0.4, 0.5) is 10.3 Å². The summed E-state index contributed by atoms with van der Waals surface area (Å²) in [4.78, 5) is 13.2. The van der Waals surface area contributed by atoms with Crippen LogP contribution in [0.1, 0.15) is 25.8 Å². The quantitative estimate of drug-likeness (QED) is 0.652. The van der Waals surface area contributed by atoms with Crippen molar-refractivity contribution >= 4 is 11.6 Å². The minimum absolute atomic E-state index is 0.349. The standard InChI is InChI=1S/C19H23FN6O/c1-19(2,27)12-3-4-17-23-10-16(26(17)11-12)14-6-8-22-18(24-14)25-15-9-21-7-5-13(15)20/h3-4,6,8,10-11,13,15,21,27H,5,7,9H2,1-2H3,(H,22,24,25)/t13-,15-/m0/s1. The summed E-state index contributed by atoms with van der Waals surface area (Å²) in [6, 6.07) is 5.16. The van der Waals surface area contributed by atoms with Gasteiger partial charge in [-0.15, -0.1) is 0 Å². The van der Waals surface area contributed by atoms with Gasteiger partial charge in [0.2, 0.25) is 5.95 Å². The Bertz CT molecular complexity index is 951. The molecule has 0 bridgehead atoms. The first-order valence-corrected chi connectivity index (χ1v) is 9.06. The van der Waals surface area contributed by atoms with Gasteiger partial charge in [-0.25, -0.2) is 19.3 Å². The Morgan fingerprint density at radius 3 is 2.93 bits per heavy atom. The number of aromatic nitrogens is 4. The van der Waals surface area contributed by atoms with Crippen LogP contribution in [-0.4, -0.2) is 49.8 Å². The molecule has 0 amide bonds. The van der Waals surface area contributed by atoms with Crippen molar-refractivity contribution in [2.24, 2.45) is 0 Å². The molecule has 2 atom stereocenters. The van der Waals surface area contributed by atoms with E-state index in [1.165, 1.54) is 0 Å². The Kier molecular flexibility index (Phi) is 4.53. The molecule has 7 nitrogen and oxygen atoms in total. The number of hydrogen-bond acceptors (Lipinski definition) is 6. The van der Waals surface area contributed by atoms with Crippen molar-refractivity contribution in [3.8, 4) is 11.4 Å². The Hall–Kier alpha value is -2.58. The van der Waals surface area contributed by atoms with Crippen LogP contribution in [0.25, 0.3) is 17.0 Å². The van der Waals surface area contributed by atoms with Crippen LogP contribution >= 0.6 is 0 Å². The monoisotopic (exact) mass is 370 g/mol. The second-order valence-electron chi connectivity index (χ2n) is 7.37. The second kappa shape index (κ2) is 6.86. The highest BCUT2D eigenvalue weighted by Gasteiger charge is 2.25. The molecule has 3 aromatic heterocycles. The summed E-state index contributed by atoms with van der Waals surface area (Å²) in [6.45, 7) is 4.71. The van der Waals surface area contributed by atoms with Crippen LogP contribution in [0.15, 0.2) is 36.8 Å². The molecule has 0 aliphatic carbocycles. The molecule has 142 valence electrons. The number of nitrogens with one attached hydrogen (secondary N) is 2. The topological polar surface area (TPSA) is 87.4 Å². The lowest BCUT2D eigenvalue weighted by Crippen LogP contribution is -2.46. The smallest absolute Gasteiger partial charge is 0.223 e. The fraction of sp³-hybridized carbons (Fsp3) is 0.421. The largest absolute Gasteiger partial charge is 0.386 e. The average Bonchev–Trinajstić information content (AvgIpc) is 3.06. The first kappa shape index (κ1) is 17.8. The summed E-state index contributed by atoms with van der Waals surface area (Å²) in [6.07, 6.45) is 4.78. The number of fused-ring (bicyclic) bond motifs is 1. The number of aliphatic hydroxyl groups is 1. The number of rotatable bonds is 4. The van der Waals surface area contributed by atoms with E-state index in [1.807, 2.05) is 22.7 Å². The fourth-order valence-electron chi connectivity index (χ4n) is 3.24. The maximum atomic E-state index is 14.1. The molecule has 0 radical (unpaired) electrons. The first-order chi connectivity index (χ1) is 12.9. The van der Waals surface area contributed by atoms with Crippen molar-refractivity contribution in [2.75, 3.05) is 18.4 Å². The first-order valence-electron chi connectivity index (χ1n) is 9.06. The molecule has 1 aliphatic heterocycles. The predicted molar refractivity (Wildman–Crippen MR) is 101 cm³/mol. The minimum Gasteiger partial charge on any atom is -0.386 e. The van der Waals surface area contributed by atoms with Gasteiger partial charge in [-0.05, 0) is 44.5 Å². The van der Waals surface area contributed by atoms with Crippen LogP contribution in [0.2, 0.25) is 0 Å². The van der Waals surface area contributed by atoms with Crippen LogP contribution in [-0.2, 0) is 5.60 Å². The summed E-state index contributed by atoms with van der Waals surface area (Å²) in [5, 5.41) is 16.6. The molecule has 3 aromatic rings. The zero-order valence-electron chi connectivity index (χ0n) is 15.4. The zero-order chi connectivity index (χ0) is 19.0. The molecule has 8 heteroatoms. The summed E-state index contributed by atoms with van der Waals surface area (Å²) < 4.78 is 16.0. The van der Waals surface area contributed by atoms with Gasteiger partial charge < -0.3 is 15.7 Å². The lowest BCUT2D eigenvalue weighted by Gasteiger charge is -2.27. The van der Waals surface area contributed by atoms with Gasteiger partial charge in [-0.3, -0.25) is 4.40 Å². The van der Waals surface area contributed by atoms with Crippen LogP contribution < -0.4 is 10.6 Å². The summed E-state index contributed by atoms with van der Waals surface area (Å²) in [5.41, 5.74) is 2.02. The van der Waals surface area contributed by atoms with E-state index in [2.05, 4.69) is 25.6 Å². The maximum Gasteiger partial charge on any atom is 0.223 e. The summed E-state index contributed by atoms with van der Waals surface area (Å²) in [7, 11) is 0. The number of anilines is 1. The second-order valence-corrected chi connectivity index (χ2v) is 7.37. The number of alkyl halides is 1. The van der Waals surface area contributed by atoms with Gasteiger partial charge in [0.1, 0.15) is 11.8 Å². The maximum absolute atomic E-state index is 14.1. The Morgan fingerprint density at radius 1 is 1.30 bits per heavy atom. The third-order valence-electron chi connectivity index (χ3n) is 4.84. The van der Waals surface area contributed by atoms with E-state index in [9.17, 15) is 9.50 Å². The van der Waals surface area contributed by atoms with Crippen molar-refractivity contribution < 1.29 is 9.50 Å². The molecule has 1 saturated heterocycles. The predicted octanol–water partition coefficient (Wildman–Crippen LogP) is 2.13. The number of nitrogens with zero attached hydrogens (tertiary/aromatic N) is 4. The van der Waals surface area contributed by atoms with Gasteiger partial charge in [0.15, 0.2) is 0 Å². The molecular formula is C19H23FN6O. The van der Waals surface area contributed by atoms with Crippen LogP contribution in [0.3, 0.4) is 0 Å². The Labute approximate surface area is 156 Å². The number of pyridine rings is 1. The van der Waals surface area contributed by atoms with Gasteiger partial charge in [0, 0.05) is 18.9 Å². The third-order valence-corrected chi connectivity index (χ3v) is 4.84. The van der Waals surface area contributed by atoms with Gasteiger partial charge in [0.25, 0.3) is 0 Å². The van der Waals surface area contributed by atoms with E-state index in [4.69, 9.17) is 0 Å². The molecule has 4 rings (SSSR count). The normalized spacial score (nSPS) is 20.7. The highest BCUT2D eigenvalue weighted by Crippen LogP contribution is 2.25. The average molecular weight is 370 g/mol. The summed E-state index contributed by atoms with van der Waals surface area (Å²) in [5.74, 6) is 0.387. The minimum atomic E-state index is -0.960. The van der Waals surface area contributed by atoms with Crippen LogP contribution in [0, 0.1) is 0 Å². The van der Waals surface area contributed by atoms with Crippen molar-refractivity contribution in [1.82, 2.24) is 24.7 Å². The van der Waals surface area contributed by atoms with Crippen molar-refractivity contribution in [3.63, 3.8) is 0 Å². The van der Waals surface area contributed by atoms with E-state index in [1.54, 1.807) is 32.3 Å². The Balaban J connectivity index is 1.67. The van der Waals surface area contributed by atoms with E-state index >= 15 is 0 Å². The number of imidazole rings is 1. The van der Waals surface area contributed by atoms with Gasteiger partial charge in [0.05, 0.1) is 29.2 Å². The third kappa shape index (κ3) is 3.63. The lowest BCUT2D eigenvalue weighted by molar-refractivity contribution is 0.0781. The van der Waals surface area contributed by atoms with Gasteiger partial charge in [-0.2, -0.15) is 0 Å². The lowest BCUT2D eigenvalue weighted by atomic mass is 10.0.